The van der Waals surface area contributed by atoms with E-state index in [2.05, 4.69) is 35.5 Å². The molecule has 9 nitrogen and oxygen atoms in total. The van der Waals surface area contributed by atoms with Crippen molar-refractivity contribution < 1.29 is 9.18 Å². The molecule has 6 rings (SSSR count). The van der Waals surface area contributed by atoms with E-state index in [1.165, 1.54) is 6.07 Å². The third-order valence-corrected chi connectivity index (χ3v) is 6.60. The van der Waals surface area contributed by atoms with E-state index in [1.54, 1.807) is 30.9 Å². The highest BCUT2D eigenvalue weighted by atomic mass is 32.1. The quantitative estimate of drug-likeness (QED) is 0.276. The van der Waals surface area contributed by atoms with Crippen molar-refractivity contribution in [2.45, 2.75) is 19.8 Å². The van der Waals surface area contributed by atoms with Crippen LogP contribution in [0, 0.1) is 5.13 Å². The molecule has 0 saturated carbocycles. The van der Waals surface area contributed by atoms with Crippen LogP contribution >= 0.6 is 11.3 Å². The summed E-state index contributed by atoms with van der Waals surface area (Å²) in [4.78, 5) is 33.9. The van der Waals surface area contributed by atoms with Crippen LogP contribution in [0.5, 0.6) is 0 Å². The molecule has 0 radical (unpaired) electrons. The lowest BCUT2D eigenvalue weighted by Gasteiger charge is -2.07. The Bertz CT molecular complexity index is 1740. The van der Waals surface area contributed by atoms with E-state index < -0.39 is 0 Å². The number of pyridine rings is 3. The number of aromatic amines is 2. The molecule has 0 saturated heterocycles. The zero-order chi connectivity index (χ0) is 24.6. The fraction of sp³-hybridized carbons (Fsp3) is 0.120. The Morgan fingerprint density at radius 3 is 2.81 bits per heavy atom. The Balaban J connectivity index is 1.40. The average molecular weight is 499 g/mol. The number of aromatic nitrogens is 7. The number of rotatable bonds is 6. The van der Waals surface area contributed by atoms with Gasteiger partial charge in [0.2, 0.25) is 5.91 Å². The van der Waals surface area contributed by atoms with Gasteiger partial charge in [-0.2, -0.15) is 9.49 Å². The molecular weight excluding hydrogens is 479 g/mol. The number of H-pyrrole nitrogens is 2. The Hall–Kier alpha value is -4.51. The lowest BCUT2D eigenvalue weighted by atomic mass is 10.1. The molecule has 178 valence electrons. The van der Waals surface area contributed by atoms with Gasteiger partial charge in [0.15, 0.2) is 22.2 Å². The maximum atomic E-state index is 13.6. The van der Waals surface area contributed by atoms with Gasteiger partial charge in [-0.3, -0.25) is 14.9 Å². The van der Waals surface area contributed by atoms with Crippen LogP contribution in [0.1, 0.15) is 19.8 Å². The second-order valence-corrected chi connectivity index (χ2v) is 9.23. The summed E-state index contributed by atoms with van der Waals surface area (Å²) in [6, 6.07) is 8.80. The normalized spacial score (nSPS) is 11.4. The van der Waals surface area contributed by atoms with Gasteiger partial charge in [0, 0.05) is 46.6 Å². The Morgan fingerprint density at radius 1 is 1.08 bits per heavy atom. The first-order valence-corrected chi connectivity index (χ1v) is 12.1. The Kier molecular flexibility index (Phi) is 5.45. The van der Waals surface area contributed by atoms with E-state index in [9.17, 15) is 9.18 Å². The van der Waals surface area contributed by atoms with Crippen molar-refractivity contribution in [1.82, 2.24) is 35.1 Å². The second kappa shape index (κ2) is 8.93. The van der Waals surface area contributed by atoms with Crippen molar-refractivity contribution in [2.75, 3.05) is 5.32 Å². The number of amides is 1. The summed E-state index contributed by atoms with van der Waals surface area (Å²) in [5, 5.41) is 10.8. The molecule has 1 amide bonds. The molecule has 0 aliphatic rings. The SMILES string of the molecule is CCCC(=O)Nc1cncc(-c2cnc3[nH]nc(-c4nc5c(-c6ccc(F)s6)ccnc5[nH]4)c3c2)c1. The third-order valence-electron chi connectivity index (χ3n) is 5.70. The summed E-state index contributed by atoms with van der Waals surface area (Å²) in [7, 11) is 0. The van der Waals surface area contributed by atoms with E-state index in [0.717, 1.165) is 44.7 Å². The van der Waals surface area contributed by atoms with Gasteiger partial charge in [-0.1, -0.05) is 6.92 Å². The van der Waals surface area contributed by atoms with Crippen molar-refractivity contribution in [3.63, 3.8) is 0 Å². The molecule has 0 aliphatic heterocycles. The number of nitrogens with zero attached hydrogens (tertiary/aromatic N) is 5. The molecule has 6 aromatic heterocycles. The molecule has 11 heteroatoms. The number of carbonyl (C=O) groups is 1. The fourth-order valence-electron chi connectivity index (χ4n) is 4.04. The van der Waals surface area contributed by atoms with Crippen molar-refractivity contribution in [2.24, 2.45) is 0 Å². The van der Waals surface area contributed by atoms with Crippen LogP contribution in [0.3, 0.4) is 0 Å². The first kappa shape index (κ1) is 22.0. The van der Waals surface area contributed by atoms with Gasteiger partial charge in [0.05, 0.1) is 17.3 Å². The van der Waals surface area contributed by atoms with Crippen LogP contribution in [0.2, 0.25) is 0 Å². The minimum absolute atomic E-state index is 0.0506. The van der Waals surface area contributed by atoms with E-state index in [1.807, 2.05) is 25.1 Å². The summed E-state index contributed by atoms with van der Waals surface area (Å²) < 4.78 is 13.6. The van der Waals surface area contributed by atoms with Gasteiger partial charge in [0.25, 0.3) is 0 Å². The zero-order valence-electron chi connectivity index (χ0n) is 19.0. The van der Waals surface area contributed by atoms with Crippen LogP contribution in [-0.4, -0.2) is 41.0 Å². The third kappa shape index (κ3) is 3.99. The van der Waals surface area contributed by atoms with Crippen molar-refractivity contribution in [3.8, 4) is 33.1 Å². The minimum atomic E-state index is -0.258. The number of anilines is 1. The van der Waals surface area contributed by atoms with Gasteiger partial charge >= 0.3 is 0 Å². The fourth-order valence-corrected chi connectivity index (χ4v) is 4.80. The van der Waals surface area contributed by atoms with Crippen molar-refractivity contribution in [3.05, 3.63) is 60.3 Å². The number of carbonyl (C=O) groups excluding carboxylic acids is 1. The predicted octanol–water partition coefficient (Wildman–Crippen LogP) is 5.56. The number of halogens is 1. The summed E-state index contributed by atoms with van der Waals surface area (Å²) in [5.41, 5.74) is 5.43. The van der Waals surface area contributed by atoms with Gasteiger partial charge < -0.3 is 10.3 Å². The predicted molar refractivity (Wildman–Crippen MR) is 137 cm³/mol. The van der Waals surface area contributed by atoms with E-state index >= 15 is 0 Å². The lowest BCUT2D eigenvalue weighted by molar-refractivity contribution is -0.116. The summed E-state index contributed by atoms with van der Waals surface area (Å²) in [6.07, 6.45) is 7.94. The number of nitrogens with one attached hydrogen (secondary N) is 3. The Labute approximate surface area is 207 Å². The molecule has 0 unspecified atom stereocenters. The number of hydrogen-bond acceptors (Lipinski definition) is 7. The van der Waals surface area contributed by atoms with Crippen LogP contribution in [-0.2, 0) is 4.79 Å². The van der Waals surface area contributed by atoms with Gasteiger partial charge in [-0.05, 0) is 36.8 Å². The largest absolute Gasteiger partial charge is 0.325 e. The molecule has 0 bridgehead atoms. The highest BCUT2D eigenvalue weighted by Crippen LogP contribution is 2.34. The molecule has 0 fully saturated rings. The summed E-state index contributed by atoms with van der Waals surface area (Å²) >= 11 is 1.06. The smallest absolute Gasteiger partial charge is 0.224 e. The topological polar surface area (TPSA) is 125 Å². The number of thiophene rings is 1. The summed E-state index contributed by atoms with van der Waals surface area (Å²) in [6.45, 7) is 1.96. The van der Waals surface area contributed by atoms with Crippen molar-refractivity contribution >= 4 is 45.1 Å². The molecule has 0 atom stereocenters. The number of hydrogen-bond donors (Lipinski definition) is 3. The maximum Gasteiger partial charge on any atom is 0.224 e. The highest BCUT2D eigenvalue weighted by molar-refractivity contribution is 7.14. The van der Waals surface area contributed by atoms with Gasteiger partial charge in [-0.15, -0.1) is 11.3 Å². The zero-order valence-corrected chi connectivity index (χ0v) is 19.9. The molecule has 3 N–H and O–H groups in total. The first-order chi connectivity index (χ1) is 17.6. The standard InChI is InChI=1S/C25H19FN8OS/c1-2-3-20(35)30-15-8-13(10-27-12-15)14-9-17-22(33-34-23(17)29-11-14)25-31-21-16(6-7-28-24(21)32-25)18-4-5-19(26)36-18/h4-12H,2-3H2,1H3,(H,30,35)(H,28,31,32)(H,29,33,34). The number of imidazole rings is 1. The Morgan fingerprint density at radius 2 is 1.97 bits per heavy atom. The van der Waals surface area contributed by atoms with Gasteiger partial charge in [-0.25, -0.2) is 15.0 Å². The monoisotopic (exact) mass is 498 g/mol. The van der Waals surface area contributed by atoms with E-state index in [-0.39, 0.29) is 11.0 Å². The van der Waals surface area contributed by atoms with Crippen molar-refractivity contribution in [1.29, 1.82) is 0 Å². The van der Waals surface area contributed by atoms with E-state index in [0.29, 0.717) is 40.4 Å². The molecular formula is C25H19FN8OS. The molecule has 0 aromatic carbocycles. The van der Waals surface area contributed by atoms with E-state index in [4.69, 9.17) is 4.98 Å². The molecule has 0 aliphatic carbocycles. The molecule has 6 aromatic rings. The van der Waals surface area contributed by atoms with Crippen LogP contribution in [0.25, 0.3) is 55.3 Å². The molecule has 6 heterocycles. The van der Waals surface area contributed by atoms with Crippen LogP contribution in [0.15, 0.2) is 55.1 Å². The summed E-state index contributed by atoms with van der Waals surface area (Å²) in [5.74, 6) is 0.469. The lowest BCUT2D eigenvalue weighted by Crippen LogP contribution is -2.10. The second-order valence-electron chi connectivity index (χ2n) is 8.20. The maximum absolute atomic E-state index is 13.6. The highest BCUT2D eigenvalue weighted by Gasteiger charge is 2.18. The minimum Gasteiger partial charge on any atom is -0.325 e. The molecule has 36 heavy (non-hydrogen) atoms. The number of fused-ring (bicyclic) bond motifs is 2. The van der Waals surface area contributed by atoms with Crippen LogP contribution in [0.4, 0.5) is 10.1 Å². The van der Waals surface area contributed by atoms with Crippen LogP contribution < -0.4 is 5.32 Å². The molecule has 0 spiro atoms. The average Bonchev–Trinajstić information content (AvgIpc) is 3.61. The first-order valence-electron chi connectivity index (χ1n) is 11.3. The van der Waals surface area contributed by atoms with Gasteiger partial charge in [0.1, 0.15) is 11.2 Å².